The summed E-state index contributed by atoms with van der Waals surface area (Å²) in [5.74, 6) is -0.201. The molecule has 0 aromatic carbocycles. The third kappa shape index (κ3) is 3.97. The number of carbonyl (C=O) groups excluding carboxylic acids is 1. The first-order chi connectivity index (χ1) is 13.1. The van der Waals surface area contributed by atoms with Gasteiger partial charge in [-0.2, -0.15) is 9.61 Å². The summed E-state index contributed by atoms with van der Waals surface area (Å²) in [6.45, 7) is -0.703. The number of H-pyrrole nitrogens is 1. The molecule has 9 N–H and O–H groups in total. The van der Waals surface area contributed by atoms with Gasteiger partial charge in [0.25, 0.3) is 5.56 Å². The minimum absolute atomic E-state index is 0.0131. The molecule has 17 heteroatoms. The van der Waals surface area contributed by atoms with Gasteiger partial charge >= 0.3 is 13.9 Å². The number of phosphoric ester groups is 1. The van der Waals surface area contributed by atoms with Crippen molar-refractivity contribution in [3.05, 3.63) is 16.7 Å². The number of rotatable bonds is 6. The number of amides is 2. The average Bonchev–Trinajstić information content (AvgIpc) is 3.14. The molecule has 3 rings (SSSR count). The number of anilines is 1. The van der Waals surface area contributed by atoms with E-state index >= 15 is 0 Å². The average molecular weight is 421 g/mol. The second-order valence-electron chi connectivity index (χ2n) is 5.64. The van der Waals surface area contributed by atoms with E-state index in [4.69, 9.17) is 10.5 Å². The number of aromatic amines is 1. The van der Waals surface area contributed by atoms with Gasteiger partial charge in [-0.1, -0.05) is 0 Å². The molecule has 0 saturated carbocycles. The van der Waals surface area contributed by atoms with Gasteiger partial charge < -0.3 is 31.3 Å². The minimum Gasteiger partial charge on any atom is -0.387 e. The Hall–Kier alpha value is -2.59. The standard InChI is InChI=1S/C11H16N7O9P/c12-10-15-7-4(8(21)16-10)14-2-18(7)9-6(20)5(19)3(26-9)1-25-28(23,24)27-17-11(13)22/h2-3,5-6,9,19-20H,1H2,(H,23,24)(H3,13,17,22)(H3,12,15,16,21)/t3-,5-,6-,9-/m1/s1. The van der Waals surface area contributed by atoms with E-state index in [2.05, 4.69) is 29.8 Å². The van der Waals surface area contributed by atoms with Gasteiger partial charge in [-0.25, -0.2) is 19.8 Å². The number of hydrogen-bond donors (Lipinski definition) is 7. The number of imidazole rings is 1. The van der Waals surface area contributed by atoms with Crippen LogP contribution >= 0.6 is 7.82 Å². The molecular formula is C11H16N7O9P. The number of nitrogen functional groups attached to an aromatic ring is 1. The summed E-state index contributed by atoms with van der Waals surface area (Å²) in [7, 11) is -4.76. The van der Waals surface area contributed by atoms with Crippen molar-refractivity contribution in [2.75, 3.05) is 12.3 Å². The zero-order valence-electron chi connectivity index (χ0n) is 13.8. The molecule has 1 aliphatic rings. The monoisotopic (exact) mass is 421 g/mol. The van der Waals surface area contributed by atoms with E-state index in [9.17, 15) is 29.3 Å². The lowest BCUT2D eigenvalue weighted by molar-refractivity contribution is -0.0523. The van der Waals surface area contributed by atoms with E-state index < -0.39 is 50.6 Å². The van der Waals surface area contributed by atoms with Crippen molar-refractivity contribution >= 4 is 31.0 Å². The van der Waals surface area contributed by atoms with Crippen molar-refractivity contribution in [3.8, 4) is 0 Å². The zero-order chi connectivity index (χ0) is 20.6. The van der Waals surface area contributed by atoms with Crippen LogP contribution < -0.4 is 22.5 Å². The van der Waals surface area contributed by atoms with E-state index in [0.29, 0.717) is 0 Å². The molecule has 2 aromatic heterocycles. The highest BCUT2D eigenvalue weighted by molar-refractivity contribution is 7.47. The van der Waals surface area contributed by atoms with Crippen LogP contribution in [-0.4, -0.2) is 65.6 Å². The molecule has 28 heavy (non-hydrogen) atoms. The Balaban J connectivity index is 1.75. The first kappa shape index (κ1) is 20.2. The summed E-state index contributed by atoms with van der Waals surface area (Å²) in [4.78, 5) is 41.7. The number of phosphoric acid groups is 1. The van der Waals surface area contributed by atoms with Gasteiger partial charge in [0.2, 0.25) is 5.95 Å². The van der Waals surface area contributed by atoms with Gasteiger partial charge in [-0.15, -0.1) is 0 Å². The number of aliphatic hydroxyl groups excluding tert-OH is 2. The van der Waals surface area contributed by atoms with Crippen molar-refractivity contribution < 1.29 is 38.4 Å². The first-order valence-corrected chi connectivity index (χ1v) is 9.04. The van der Waals surface area contributed by atoms with Crippen molar-refractivity contribution in [1.29, 1.82) is 0 Å². The Labute approximate surface area is 154 Å². The maximum absolute atomic E-state index is 11.8. The topological polar surface area (TPSA) is 250 Å². The van der Waals surface area contributed by atoms with E-state index in [1.165, 1.54) is 10.0 Å². The van der Waals surface area contributed by atoms with Gasteiger partial charge in [0.05, 0.1) is 12.9 Å². The second-order valence-corrected chi connectivity index (χ2v) is 7.02. The maximum Gasteiger partial charge on any atom is 0.493 e. The highest BCUT2D eigenvalue weighted by Crippen LogP contribution is 2.43. The Bertz CT molecular complexity index is 992. The van der Waals surface area contributed by atoms with Gasteiger partial charge in [0.1, 0.15) is 18.3 Å². The normalized spacial score (nSPS) is 27.0. The number of fused-ring (bicyclic) bond motifs is 1. The van der Waals surface area contributed by atoms with Gasteiger partial charge in [-0.3, -0.25) is 18.9 Å². The van der Waals surface area contributed by atoms with Crippen LogP contribution in [0.25, 0.3) is 11.2 Å². The Morgan fingerprint density at radius 3 is 2.86 bits per heavy atom. The summed E-state index contributed by atoms with van der Waals surface area (Å²) in [5.41, 5.74) is 10.9. The molecule has 3 heterocycles. The molecule has 0 aliphatic carbocycles. The third-order valence-electron chi connectivity index (χ3n) is 3.73. The van der Waals surface area contributed by atoms with Crippen LogP contribution in [-0.2, 0) is 18.5 Å². The fourth-order valence-corrected chi connectivity index (χ4v) is 3.12. The lowest BCUT2D eigenvalue weighted by Crippen LogP contribution is -2.34. The number of carbonyl (C=O) groups is 1. The van der Waals surface area contributed by atoms with Crippen molar-refractivity contribution in [2.24, 2.45) is 5.73 Å². The van der Waals surface area contributed by atoms with E-state index in [-0.39, 0.29) is 17.1 Å². The van der Waals surface area contributed by atoms with E-state index in [0.717, 1.165) is 6.33 Å². The molecule has 2 amide bonds. The molecule has 0 radical (unpaired) electrons. The fourth-order valence-electron chi connectivity index (χ4n) is 2.52. The van der Waals surface area contributed by atoms with Crippen LogP contribution in [0.4, 0.5) is 10.7 Å². The lowest BCUT2D eigenvalue weighted by atomic mass is 10.1. The summed E-state index contributed by atoms with van der Waals surface area (Å²) in [6.07, 6.45) is -4.48. The van der Waals surface area contributed by atoms with Crippen molar-refractivity contribution in [3.63, 3.8) is 0 Å². The molecule has 1 aliphatic heterocycles. The summed E-state index contributed by atoms with van der Waals surface area (Å²) in [6, 6.07) is -1.24. The number of primary amides is 1. The largest absolute Gasteiger partial charge is 0.493 e. The van der Waals surface area contributed by atoms with E-state index in [1.807, 2.05) is 0 Å². The minimum atomic E-state index is -4.76. The zero-order valence-corrected chi connectivity index (χ0v) is 14.7. The molecule has 1 fully saturated rings. The molecular weight excluding hydrogens is 405 g/mol. The van der Waals surface area contributed by atoms with Crippen LogP contribution in [0, 0.1) is 0 Å². The summed E-state index contributed by atoms with van der Waals surface area (Å²) in [5, 5.41) is 20.4. The number of aliphatic hydroxyl groups is 2. The molecule has 154 valence electrons. The molecule has 5 atom stereocenters. The summed E-state index contributed by atoms with van der Waals surface area (Å²) < 4.78 is 26.9. The van der Waals surface area contributed by atoms with Gasteiger partial charge in [0, 0.05) is 0 Å². The Morgan fingerprint density at radius 2 is 2.18 bits per heavy atom. The predicted molar refractivity (Wildman–Crippen MR) is 88.1 cm³/mol. The number of hydroxylamine groups is 1. The van der Waals surface area contributed by atoms with Gasteiger partial charge in [0.15, 0.2) is 17.4 Å². The maximum atomic E-state index is 11.8. The first-order valence-electron chi connectivity index (χ1n) is 7.54. The number of ether oxygens (including phenoxy) is 1. The third-order valence-corrected chi connectivity index (χ3v) is 4.52. The SMILES string of the molecule is NC(=O)NOP(=O)(O)OC[C@H]1O[C@@H](n2cnc3c(=O)[nH]c(N)nc32)[C@H](O)[C@@H]1O. The van der Waals surface area contributed by atoms with Crippen LogP contribution in [0.5, 0.6) is 0 Å². The molecule has 1 unspecified atom stereocenters. The quantitative estimate of drug-likeness (QED) is 0.182. The number of nitrogens with one attached hydrogen (secondary N) is 2. The smallest absolute Gasteiger partial charge is 0.387 e. The number of aromatic nitrogens is 4. The number of nitrogens with zero attached hydrogens (tertiary/aromatic N) is 3. The van der Waals surface area contributed by atoms with Crippen LogP contribution in [0.3, 0.4) is 0 Å². The molecule has 0 bridgehead atoms. The van der Waals surface area contributed by atoms with Crippen molar-refractivity contribution in [1.82, 2.24) is 25.0 Å². The summed E-state index contributed by atoms with van der Waals surface area (Å²) >= 11 is 0. The van der Waals surface area contributed by atoms with Gasteiger partial charge in [-0.05, 0) is 0 Å². The number of nitrogens with two attached hydrogens (primary N) is 2. The Morgan fingerprint density at radius 1 is 1.46 bits per heavy atom. The highest BCUT2D eigenvalue weighted by Gasteiger charge is 2.45. The van der Waals surface area contributed by atoms with E-state index in [1.54, 1.807) is 0 Å². The molecule has 2 aromatic rings. The Kier molecular flexibility index (Phi) is 5.35. The highest BCUT2D eigenvalue weighted by atomic mass is 31.2. The fraction of sp³-hybridized carbons (Fsp3) is 0.455. The van der Waals surface area contributed by atoms with Crippen LogP contribution in [0.15, 0.2) is 11.1 Å². The number of urea groups is 1. The molecule has 1 saturated heterocycles. The number of hydrogen-bond acceptors (Lipinski definition) is 11. The van der Waals surface area contributed by atoms with Crippen molar-refractivity contribution in [2.45, 2.75) is 24.5 Å². The van der Waals surface area contributed by atoms with Crippen LogP contribution in [0.2, 0.25) is 0 Å². The second kappa shape index (κ2) is 7.44. The molecule has 0 spiro atoms. The molecule has 16 nitrogen and oxygen atoms in total. The van der Waals surface area contributed by atoms with Crippen LogP contribution in [0.1, 0.15) is 6.23 Å². The predicted octanol–water partition coefficient (Wildman–Crippen LogP) is -2.96. The lowest BCUT2D eigenvalue weighted by Gasteiger charge is -2.17.